The average Bonchev–Trinajstić information content (AvgIpc) is 2.73. The number of benzene rings is 2. The first-order chi connectivity index (χ1) is 14.0. The van der Waals surface area contributed by atoms with E-state index in [2.05, 4.69) is 42.4 Å². The Balaban J connectivity index is 1.87. The molecule has 0 saturated carbocycles. The number of aliphatic hydroxyl groups excluding tert-OH is 2. The second-order valence-corrected chi connectivity index (χ2v) is 7.50. The minimum Gasteiger partial charge on any atom is -0.507 e. The van der Waals surface area contributed by atoms with E-state index >= 15 is 0 Å². The summed E-state index contributed by atoms with van der Waals surface area (Å²) in [5, 5.41) is 26.5. The molecular weight excluding hydrogens is 366 g/mol. The minimum atomic E-state index is -1.27. The maximum Gasteiger partial charge on any atom is 0.275 e. The van der Waals surface area contributed by atoms with Gasteiger partial charge in [-0.2, -0.15) is 5.10 Å². The van der Waals surface area contributed by atoms with Gasteiger partial charge >= 0.3 is 0 Å². The highest BCUT2D eigenvalue weighted by Crippen LogP contribution is 2.38. The topological polar surface area (TPSA) is 76.4 Å². The molecule has 2 aliphatic rings. The third-order valence-electron chi connectivity index (χ3n) is 5.62. The summed E-state index contributed by atoms with van der Waals surface area (Å²) in [6, 6.07) is 18.2. The van der Waals surface area contributed by atoms with Crippen LogP contribution in [0.3, 0.4) is 0 Å². The summed E-state index contributed by atoms with van der Waals surface area (Å²) in [6.07, 6.45) is 0.00995. The normalized spacial score (nSPS) is 22.7. The van der Waals surface area contributed by atoms with Gasteiger partial charge in [0.2, 0.25) is 0 Å². The minimum absolute atomic E-state index is 0.0617. The molecule has 4 rings (SSSR count). The zero-order chi connectivity index (χ0) is 20.5. The molecule has 6 heteroatoms. The molecule has 0 aliphatic carbocycles. The van der Waals surface area contributed by atoms with Gasteiger partial charge in [-0.15, -0.1) is 0 Å². The van der Waals surface area contributed by atoms with Gasteiger partial charge < -0.3 is 15.1 Å². The molecule has 2 aliphatic heterocycles. The van der Waals surface area contributed by atoms with Crippen LogP contribution in [0.25, 0.3) is 0 Å². The standard InChI is InChI=1S/C23H25N3O3/c1-3-25-14-18(26-21(23(25)29)22(28)19(27)13-24-26)20(16-9-5-4-6-10-16)17-11-7-8-15(2)12-17/h4-13,18-20,27-28H,3,14H2,1-2H3. The van der Waals surface area contributed by atoms with Gasteiger partial charge in [-0.05, 0) is 25.0 Å². The number of aryl methyl sites for hydroxylation is 1. The van der Waals surface area contributed by atoms with Crippen LogP contribution in [0.4, 0.5) is 0 Å². The molecule has 0 radical (unpaired) electrons. The van der Waals surface area contributed by atoms with Gasteiger partial charge in [0.1, 0.15) is 6.10 Å². The van der Waals surface area contributed by atoms with E-state index in [1.807, 2.05) is 31.2 Å². The van der Waals surface area contributed by atoms with Gasteiger partial charge in [-0.25, -0.2) is 0 Å². The fraction of sp³-hybridized carbons (Fsp3) is 0.304. The lowest BCUT2D eigenvalue weighted by Crippen LogP contribution is -2.56. The predicted octanol–water partition coefficient (Wildman–Crippen LogP) is 2.79. The number of hydrogen-bond donors (Lipinski definition) is 2. The maximum absolute atomic E-state index is 12.9. The summed E-state index contributed by atoms with van der Waals surface area (Å²) >= 11 is 0. The number of nitrogens with zero attached hydrogens (tertiary/aromatic N) is 3. The van der Waals surface area contributed by atoms with Crippen LogP contribution < -0.4 is 0 Å². The number of aliphatic hydroxyl groups is 2. The fourth-order valence-electron chi connectivity index (χ4n) is 4.20. The lowest BCUT2D eigenvalue weighted by atomic mass is 9.82. The highest BCUT2D eigenvalue weighted by atomic mass is 16.3. The lowest BCUT2D eigenvalue weighted by Gasteiger charge is -2.45. The van der Waals surface area contributed by atoms with Crippen molar-refractivity contribution >= 4 is 12.1 Å². The van der Waals surface area contributed by atoms with Crippen LogP contribution in [0.2, 0.25) is 0 Å². The number of carbonyl (C=O) groups excluding carboxylic acids is 1. The van der Waals surface area contributed by atoms with E-state index < -0.39 is 6.10 Å². The average molecular weight is 391 g/mol. The van der Waals surface area contributed by atoms with E-state index in [1.54, 1.807) is 9.91 Å². The van der Waals surface area contributed by atoms with E-state index in [9.17, 15) is 15.0 Å². The molecule has 0 spiro atoms. The summed E-state index contributed by atoms with van der Waals surface area (Å²) in [4.78, 5) is 14.6. The summed E-state index contributed by atoms with van der Waals surface area (Å²) in [7, 11) is 0. The second kappa shape index (κ2) is 7.72. The largest absolute Gasteiger partial charge is 0.507 e. The van der Waals surface area contributed by atoms with Gasteiger partial charge in [0.05, 0.1) is 12.3 Å². The Morgan fingerprint density at radius 2 is 1.86 bits per heavy atom. The van der Waals surface area contributed by atoms with Crippen LogP contribution in [0.15, 0.2) is 71.2 Å². The summed E-state index contributed by atoms with van der Waals surface area (Å²) in [5.74, 6) is -0.731. The van der Waals surface area contributed by atoms with Crippen LogP contribution >= 0.6 is 0 Å². The first-order valence-electron chi connectivity index (χ1n) is 9.86. The van der Waals surface area contributed by atoms with E-state index in [0.29, 0.717) is 13.1 Å². The summed E-state index contributed by atoms with van der Waals surface area (Å²) < 4.78 is 0. The second-order valence-electron chi connectivity index (χ2n) is 7.50. The van der Waals surface area contributed by atoms with E-state index in [-0.39, 0.29) is 29.3 Å². The molecule has 1 amide bonds. The first-order valence-corrected chi connectivity index (χ1v) is 9.86. The van der Waals surface area contributed by atoms with Gasteiger partial charge in [0.15, 0.2) is 11.5 Å². The van der Waals surface area contributed by atoms with Crippen LogP contribution in [0, 0.1) is 6.92 Å². The summed E-state index contributed by atoms with van der Waals surface area (Å²) in [5.41, 5.74) is 3.44. The monoisotopic (exact) mass is 391 g/mol. The quantitative estimate of drug-likeness (QED) is 0.840. The molecule has 2 aromatic carbocycles. The van der Waals surface area contributed by atoms with Crippen LogP contribution in [-0.2, 0) is 4.79 Å². The Morgan fingerprint density at radius 3 is 2.55 bits per heavy atom. The Kier molecular flexibility index (Phi) is 5.11. The van der Waals surface area contributed by atoms with Crippen LogP contribution in [0.1, 0.15) is 29.5 Å². The Bertz CT molecular complexity index is 970. The molecule has 1 saturated heterocycles. The number of fused-ring (bicyclic) bond motifs is 1. The number of rotatable bonds is 4. The smallest absolute Gasteiger partial charge is 0.275 e. The van der Waals surface area contributed by atoms with Crippen molar-refractivity contribution in [3.8, 4) is 0 Å². The fourth-order valence-corrected chi connectivity index (χ4v) is 4.20. The third-order valence-corrected chi connectivity index (χ3v) is 5.62. The molecule has 2 heterocycles. The zero-order valence-corrected chi connectivity index (χ0v) is 16.6. The molecule has 150 valence electrons. The molecule has 0 bridgehead atoms. The number of piperazine rings is 1. The number of carbonyl (C=O) groups is 1. The Labute approximate surface area is 170 Å². The van der Waals surface area contributed by atoms with Gasteiger partial charge in [-0.1, -0.05) is 60.2 Å². The highest BCUT2D eigenvalue weighted by Gasteiger charge is 2.44. The molecule has 1 fully saturated rings. The van der Waals surface area contributed by atoms with E-state index in [1.165, 1.54) is 6.21 Å². The Morgan fingerprint density at radius 1 is 1.14 bits per heavy atom. The molecular formula is C23H25N3O3. The van der Waals surface area contributed by atoms with Crippen molar-refractivity contribution in [3.63, 3.8) is 0 Å². The number of hydrazone groups is 1. The molecule has 3 unspecified atom stereocenters. The molecule has 2 N–H and O–H groups in total. The van der Waals surface area contributed by atoms with Crippen molar-refractivity contribution in [3.05, 3.63) is 82.7 Å². The van der Waals surface area contributed by atoms with Crippen molar-refractivity contribution in [2.75, 3.05) is 13.1 Å². The van der Waals surface area contributed by atoms with E-state index in [0.717, 1.165) is 16.7 Å². The number of hydrogen-bond acceptors (Lipinski definition) is 5. The van der Waals surface area contributed by atoms with Gasteiger partial charge in [-0.3, -0.25) is 9.80 Å². The maximum atomic E-state index is 12.9. The van der Waals surface area contributed by atoms with Crippen molar-refractivity contribution in [1.82, 2.24) is 9.91 Å². The summed E-state index contributed by atoms with van der Waals surface area (Å²) in [6.45, 7) is 4.94. The lowest BCUT2D eigenvalue weighted by molar-refractivity contribution is -0.134. The van der Waals surface area contributed by atoms with Gasteiger partial charge in [0, 0.05) is 19.0 Å². The van der Waals surface area contributed by atoms with Crippen molar-refractivity contribution < 1.29 is 15.0 Å². The first kappa shape index (κ1) is 19.2. The number of amides is 1. The number of likely N-dealkylation sites (N-methyl/N-ethyl adjacent to an activating group) is 1. The molecule has 2 aromatic rings. The van der Waals surface area contributed by atoms with Crippen molar-refractivity contribution in [2.24, 2.45) is 5.10 Å². The molecule has 6 nitrogen and oxygen atoms in total. The molecule has 3 atom stereocenters. The third kappa shape index (κ3) is 3.40. The van der Waals surface area contributed by atoms with Crippen molar-refractivity contribution in [1.29, 1.82) is 0 Å². The molecule has 0 aromatic heterocycles. The van der Waals surface area contributed by atoms with Crippen LogP contribution in [-0.4, -0.2) is 57.5 Å². The molecule has 29 heavy (non-hydrogen) atoms. The SMILES string of the molecule is CCN1CC(C(c2ccccc2)c2cccc(C)c2)N2N=CC(O)C(O)=C2C1=O. The van der Waals surface area contributed by atoms with Crippen LogP contribution in [0.5, 0.6) is 0 Å². The predicted molar refractivity (Wildman–Crippen MR) is 111 cm³/mol. The highest BCUT2D eigenvalue weighted by molar-refractivity contribution is 5.96. The van der Waals surface area contributed by atoms with Crippen molar-refractivity contribution in [2.45, 2.75) is 31.9 Å². The van der Waals surface area contributed by atoms with E-state index in [4.69, 9.17) is 0 Å². The zero-order valence-electron chi connectivity index (χ0n) is 16.6. The Hall–Kier alpha value is -3.12. The van der Waals surface area contributed by atoms with Gasteiger partial charge in [0.25, 0.3) is 5.91 Å².